The summed E-state index contributed by atoms with van der Waals surface area (Å²) in [5, 5.41) is 14.3. The molecular formula is C20H16Cl2N2OS. The minimum Gasteiger partial charge on any atom is -0.320 e. The first kappa shape index (κ1) is 18.8. The lowest BCUT2D eigenvalue weighted by Crippen LogP contribution is -2.30. The Kier molecular flexibility index (Phi) is 5.93. The van der Waals surface area contributed by atoms with E-state index in [1.165, 1.54) is 11.8 Å². The van der Waals surface area contributed by atoms with Crippen LogP contribution in [-0.4, -0.2) is 5.91 Å². The van der Waals surface area contributed by atoms with Crippen LogP contribution in [-0.2, 0) is 10.5 Å². The zero-order valence-corrected chi connectivity index (χ0v) is 16.4. The van der Waals surface area contributed by atoms with Crippen molar-refractivity contribution in [3.05, 3.63) is 79.8 Å². The summed E-state index contributed by atoms with van der Waals surface area (Å²) in [6.07, 6.45) is 0.276. The minimum atomic E-state index is -0.225. The molecule has 0 spiro atoms. The van der Waals surface area contributed by atoms with Crippen LogP contribution in [0.25, 0.3) is 0 Å². The number of thioether (sulfide) groups is 1. The van der Waals surface area contributed by atoms with Gasteiger partial charge in [-0.3, -0.25) is 4.79 Å². The Morgan fingerprint density at radius 1 is 1.23 bits per heavy atom. The van der Waals surface area contributed by atoms with Crippen molar-refractivity contribution in [2.45, 2.75) is 25.0 Å². The highest BCUT2D eigenvalue weighted by molar-refractivity contribution is 8.02. The molecule has 1 N–H and O–H groups in total. The topological polar surface area (TPSA) is 52.9 Å². The summed E-state index contributed by atoms with van der Waals surface area (Å²) >= 11 is 13.6. The van der Waals surface area contributed by atoms with Crippen molar-refractivity contribution < 1.29 is 4.79 Å². The van der Waals surface area contributed by atoms with Gasteiger partial charge in [-0.05, 0) is 30.2 Å². The van der Waals surface area contributed by atoms with Gasteiger partial charge >= 0.3 is 0 Å². The van der Waals surface area contributed by atoms with Crippen molar-refractivity contribution in [2.75, 3.05) is 0 Å². The number of hydrogen-bond acceptors (Lipinski definition) is 3. The van der Waals surface area contributed by atoms with Gasteiger partial charge < -0.3 is 5.32 Å². The first-order valence-electron chi connectivity index (χ1n) is 8.05. The molecule has 6 heteroatoms. The maximum atomic E-state index is 12.2. The molecule has 3 rings (SSSR count). The lowest BCUT2D eigenvalue weighted by Gasteiger charge is -2.25. The van der Waals surface area contributed by atoms with E-state index < -0.39 is 0 Å². The van der Waals surface area contributed by atoms with Crippen LogP contribution in [0.2, 0.25) is 10.0 Å². The van der Waals surface area contributed by atoms with Gasteiger partial charge in [0.05, 0.1) is 16.7 Å². The van der Waals surface area contributed by atoms with Gasteiger partial charge in [0, 0.05) is 28.1 Å². The molecule has 0 radical (unpaired) electrons. The smallest absolute Gasteiger partial charge is 0.225 e. The fourth-order valence-electron chi connectivity index (χ4n) is 2.81. The van der Waals surface area contributed by atoms with E-state index >= 15 is 0 Å². The van der Waals surface area contributed by atoms with E-state index in [0.29, 0.717) is 26.4 Å². The van der Waals surface area contributed by atoms with Crippen LogP contribution in [0.5, 0.6) is 0 Å². The average molecular weight is 403 g/mol. The first-order chi connectivity index (χ1) is 12.5. The van der Waals surface area contributed by atoms with E-state index in [-0.39, 0.29) is 18.2 Å². The van der Waals surface area contributed by atoms with Crippen LogP contribution < -0.4 is 5.32 Å². The number of hydrogen-bond donors (Lipinski definition) is 1. The average Bonchev–Trinajstić information content (AvgIpc) is 2.61. The molecule has 0 bridgehead atoms. The molecule has 0 unspecified atom stereocenters. The van der Waals surface area contributed by atoms with Crippen molar-refractivity contribution in [1.29, 1.82) is 5.26 Å². The lowest BCUT2D eigenvalue weighted by atomic mass is 9.87. The van der Waals surface area contributed by atoms with E-state index in [9.17, 15) is 10.1 Å². The Morgan fingerprint density at radius 3 is 2.62 bits per heavy atom. The molecule has 2 aromatic rings. The molecule has 1 aliphatic heterocycles. The van der Waals surface area contributed by atoms with Gasteiger partial charge in [0.2, 0.25) is 5.91 Å². The third-order valence-corrected chi connectivity index (χ3v) is 5.88. The van der Waals surface area contributed by atoms with Gasteiger partial charge in [0.25, 0.3) is 0 Å². The van der Waals surface area contributed by atoms with Crippen LogP contribution >= 0.6 is 35.0 Å². The normalized spacial score (nSPS) is 17.0. The lowest BCUT2D eigenvalue weighted by molar-refractivity contribution is -0.120. The number of aryl methyl sites for hydroxylation is 1. The van der Waals surface area contributed by atoms with E-state index in [2.05, 4.69) is 11.4 Å². The Labute approximate surface area is 167 Å². The summed E-state index contributed by atoms with van der Waals surface area (Å²) in [4.78, 5) is 12.2. The van der Waals surface area contributed by atoms with Gasteiger partial charge in [-0.25, -0.2) is 0 Å². The van der Waals surface area contributed by atoms with Gasteiger partial charge in [-0.2, -0.15) is 5.26 Å². The molecule has 1 amide bonds. The van der Waals surface area contributed by atoms with Crippen molar-refractivity contribution in [1.82, 2.24) is 5.32 Å². The van der Waals surface area contributed by atoms with Gasteiger partial charge in [0.15, 0.2) is 0 Å². The quantitative estimate of drug-likeness (QED) is 0.726. The fraction of sp³-hybridized carbons (Fsp3) is 0.200. The number of amides is 1. The highest BCUT2D eigenvalue weighted by Gasteiger charge is 2.29. The summed E-state index contributed by atoms with van der Waals surface area (Å²) in [5.41, 5.74) is 3.61. The van der Waals surface area contributed by atoms with Crippen molar-refractivity contribution in [3.8, 4) is 6.07 Å². The zero-order valence-electron chi connectivity index (χ0n) is 14.1. The van der Waals surface area contributed by atoms with Gasteiger partial charge in [-0.15, -0.1) is 11.8 Å². The molecule has 1 heterocycles. The number of allylic oxidation sites excluding steroid dienone is 1. The number of nitriles is 1. The largest absolute Gasteiger partial charge is 0.320 e. The molecule has 132 valence electrons. The second-order valence-electron chi connectivity index (χ2n) is 6.09. The number of rotatable bonds is 4. The molecule has 0 fully saturated rings. The SMILES string of the molecule is Cc1ccc([C@H]2CC(=O)NC(SCc3ccc(Cl)cc3Cl)=C2C#N)cc1. The monoisotopic (exact) mass is 402 g/mol. The number of halogens is 2. The summed E-state index contributed by atoms with van der Waals surface area (Å²) in [6, 6.07) is 15.6. The van der Waals surface area contributed by atoms with Gasteiger partial charge in [0.1, 0.15) is 0 Å². The van der Waals surface area contributed by atoms with Crippen molar-refractivity contribution in [2.24, 2.45) is 0 Å². The van der Waals surface area contributed by atoms with Crippen LogP contribution in [0.3, 0.4) is 0 Å². The number of nitrogens with zero attached hydrogens (tertiary/aromatic N) is 1. The highest BCUT2D eigenvalue weighted by Crippen LogP contribution is 2.37. The molecule has 0 saturated carbocycles. The van der Waals surface area contributed by atoms with E-state index in [1.807, 2.05) is 37.3 Å². The second-order valence-corrected chi connectivity index (χ2v) is 7.92. The Hall–Kier alpha value is -1.93. The van der Waals surface area contributed by atoms with E-state index in [1.54, 1.807) is 12.1 Å². The molecule has 0 saturated heterocycles. The Bertz CT molecular complexity index is 916. The minimum absolute atomic E-state index is 0.0840. The summed E-state index contributed by atoms with van der Waals surface area (Å²) in [6.45, 7) is 2.01. The summed E-state index contributed by atoms with van der Waals surface area (Å²) in [5.74, 6) is 0.231. The first-order valence-corrected chi connectivity index (χ1v) is 9.79. The van der Waals surface area contributed by atoms with Gasteiger partial charge in [-0.1, -0.05) is 59.1 Å². The number of nitrogens with one attached hydrogen (secondary N) is 1. The molecule has 1 atom stereocenters. The summed E-state index contributed by atoms with van der Waals surface area (Å²) < 4.78 is 0. The van der Waals surface area contributed by atoms with E-state index in [0.717, 1.165) is 16.7 Å². The predicted molar refractivity (Wildman–Crippen MR) is 107 cm³/mol. The molecule has 3 nitrogen and oxygen atoms in total. The molecule has 26 heavy (non-hydrogen) atoms. The summed E-state index contributed by atoms with van der Waals surface area (Å²) in [7, 11) is 0. The second kappa shape index (κ2) is 8.18. The predicted octanol–water partition coefficient (Wildman–Crippen LogP) is 5.57. The molecule has 2 aromatic carbocycles. The van der Waals surface area contributed by atoms with Crippen molar-refractivity contribution >= 4 is 40.9 Å². The molecular weight excluding hydrogens is 387 g/mol. The number of benzene rings is 2. The maximum Gasteiger partial charge on any atom is 0.225 e. The van der Waals surface area contributed by atoms with Crippen LogP contribution in [0.15, 0.2) is 53.1 Å². The molecule has 1 aliphatic rings. The Balaban J connectivity index is 1.88. The van der Waals surface area contributed by atoms with Crippen LogP contribution in [0.4, 0.5) is 0 Å². The number of carbonyl (C=O) groups is 1. The molecule has 0 aliphatic carbocycles. The molecule has 0 aromatic heterocycles. The van der Waals surface area contributed by atoms with Crippen molar-refractivity contribution in [3.63, 3.8) is 0 Å². The standard InChI is InChI=1S/C20H16Cl2N2OS/c1-12-2-4-13(5-3-12)16-9-19(25)24-20(17(16)10-23)26-11-14-6-7-15(21)8-18(14)22/h2-8,16H,9,11H2,1H3,(H,24,25)/t16-/m1/s1. The highest BCUT2D eigenvalue weighted by atomic mass is 35.5. The third kappa shape index (κ3) is 4.24. The number of carbonyl (C=O) groups excluding carboxylic acids is 1. The third-order valence-electron chi connectivity index (χ3n) is 4.22. The van der Waals surface area contributed by atoms with Crippen LogP contribution in [0.1, 0.15) is 29.0 Å². The zero-order chi connectivity index (χ0) is 18.7. The fourth-order valence-corrected chi connectivity index (χ4v) is 4.44. The van der Waals surface area contributed by atoms with Crippen LogP contribution in [0, 0.1) is 18.3 Å². The Morgan fingerprint density at radius 2 is 1.96 bits per heavy atom. The maximum absolute atomic E-state index is 12.2. The van der Waals surface area contributed by atoms with E-state index in [4.69, 9.17) is 23.2 Å².